The van der Waals surface area contributed by atoms with Crippen LogP contribution in [0.3, 0.4) is 0 Å². The maximum absolute atomic E-state index is 15.2. The first-order valence-corrected chi connectivity index (χ1v) is 14.9. The zero-order valence-electron chi connectivity index (χ0n) is 26.0. The SMILES string of the molecule is C=CC(=O)OC(C12CC3CC(CC(C3)C1)C2)C(OCC(C)C(OC(=O)C=C)(C(C)C)C(O)(C(F)(F)F)C(F)(F)F)(C(F)(F)F)C(F)(F)F. The Morgan fingerprint density at radius 1 is 0.750 bits per heavy atom. The summed E-state index contributed by atoms with van der Waals surface area (Å²) in [4.78, 5) is 24.7. The zero-order chi connectivity index (χ0) is 37.1. The van der Waals surface area contributed by atoms with Crippen LogP contribution in [0.15, 0.2) is 25.3 Å². The molecule has 1 N–H and O–H groups in total. The summed E-state index contributed by atoms with van der Waals surface area (Å²) < 4.78 is 191. The zero-order valence-corrected chi connectivity index (χ0v) is 26.0. The largest absolute Gasteiger partial charge is 0.455 e. The lowest BCUT2D eigenvalue weighted by Gasteiger charge is -2.61. The van der Waals surface area contributed by atoms with Crippen LogP contribution in [0.4, 0.5) is 52.7 Å². The highest BCUT2D eigenvalue weighted by molar-refractivity contribution is 5.82. The van der Waals surface area contributed by atoms with Crippen LogP contribution in [0.25, 0.3) is 0 Å². The van der Waals surface area contributed by atoms with Gasteiger partial charge in [-0.05, 0) is 62.2 Å². The van der Waals surface area contributed by atoms with E-state index in [4.69, 9.17) is 4.74 Å². The lowest BCUT2D eigenvalue weighted by Crippen LogP contribution is -2.77. The number of carbonyl (C=O) groups is 2. The second kappa shape index (κ2) is 12.7. The number of ether oxygens (including phenoxy) is 3. The fourth-order valence-corrected chi connectivity index (χ4v) is 8.83. The Kier molecular flexibility index (Phi) is 10.5. The molecule has 6 nitrogen and oxygen atoms in total. The molecule has 0 aromatic heterocycles. The number of aliphatic hydroxyl groups is 1. The predicted molar refractivity (Wildman–Crippen MR) is 142 cm³/mol. The average molecular weight is 721 g/mol. The number of halogens is 12. The molecule has 0 aromatic carbocycles. The molecule has 4 aliphatic rings. The number of alkyl halides is 12. The molecule has 0 aliphatic heterocycles. The summed E-state index contributed by atoms with van der Waals surface area (Å²) >= 11 is 0. The molecule has 3 unspecified atom stereocenters. The topological polar surface area (TPSA) is 82.1 Å². The molecule has 4 fully saturated rings. The first-order valence-electron chi connectivity index (χ1n) is 14.9. The molecular formula is C30H36F12O6. The van der Waals surface area contributed by atoms with E-state index in [1.807, 2.05) is 0 Å². The van der Waals surface area contributed by atoms with E-state index < -0.39 is 83.4 Å². The van der Waals surface area contributed by atoms with Crippen molar-refractivity contribution < 1.29 is 81.6 Å². The van der Waals surface area contributed by atoms with Crippen molar-refractivity contribution in [3.63, 3.8) is 0 Å². The van der Waals surface area contributed by atoms with Crippen LogP contribution in [0, 0.1) is 35.0 Å². The van der Waals surface area contributed by atoms with Crippen molar-refractivity contribution >= 4 is 11.9 Å². The third kappa shape index (κ3) is 6.21. The smallest absolute Gasteiger partial charge is 0.430 e. The third-order valence-corrected chi connectivity index (χ3v) is 10.2. The van der Waals surface area contributed by atoms with Crippen LogP contribution in [0.5, 0.6) is 0 Å². The molecule has 4 aliphatic carbocycles. The van der Waals surface area contributed by atoms with Crippen molar-refractivity contribution in [1.29, 1.82) is 0 Å². The first-order chi connectivity index (χ1) is 21.6. The van der Waals surface area contributed by atoms with Crippen molar-refractivity contribution in [1.82, 2.24) is 0 Å². The minimum Gasteiger partial charge on any atom is -0.455 e. The van der Waals surface area contributed by atoms with Gasteiger partial charge in [-0.3, -0.25) is 0 Å². The van der Waals surface area contributed by atoms with E-state index in [-0.39, 0.29) is 43.1 Å². The van der Waals surface area contributed by atoms with Gasteiger partial charge in [0, 0.05) is 23.5 Å². The van der Waals surface area contributed by atoms with Crippen molar-refractivity contribution in [3.05, 3.63) is 25.3 Å². The standard InChI is InChI=1S/C30H36F12O6/c1-6-20(43)47-22(23-11-17-8-18(12-23)10-19(9-17)13-23)25(27(31,32)33,28(34,35)36)46-14-16(5)24(15(3)4,48-21(44)7-2)26(45,29(37,38)39)30(40,41)42/h6-7,15-19,22,45H,1-2,8-14H2,3-5H3. The van der Waals surface area contributed by atoms with E-state index in [0.717, 1.165) is 0 Å². The van der Waals surface area contributed by atoms with Gasteiger partial charge in [-0.15, -0.1) is 0 Å². The Labute approximate surface area is 267 Å². The molecule has 0 aromatic rings. The lowest BCUT2D eigenvalue weighted by molar-refractivity contribution is -0.437. The molecule has 4 rings (SSSR count). The summed E-state index contributed by atoms with van der Waals surface area (Å²) in [7, 11) is 0. The summed E-state index contributed by atoms with van der Waals surface area (Å²) in [6.45, 7) is 5.05. The van der Waals surface area contributed by atoms with Gasteiger partial charge >= 0.3 is 36.6 Å². The van der Waals surface area contributed by atoms with E-state index in [1.165, 1.54) is 0 Å². The highest BCUT2D eigenvalue weighted by atomic mass is 19.4. The highest BCUT2D eigenvalue weighted by Gasteiger charge is 2.85. The average Bonchev–Trinajstić information content (AvgIpc) is 2.91. The van der Waals surface area contributed by atoms with Crippen LogP contribution in [0.1, 0.15) is 59.3 Å². The van der Waals surface area contributed by atoms with Gasteiger partial charge in [0.25, 0.3) is 11.2 Å². The molecule has 0 amide bonds. The molecule has 18 heteroatoms. The van der Waals surface area contributed by atoms with E-state index in [0.29, 0.717) is 46.1 Å². The van der Waals surface area contributed by atoms with E-state index in [2.05, 4.69) is 22.6 Å². The first kappa shape index (κ1) is 39.9. The van der Waals surface area contributed by atoms with E-state index in [9.17, 15) is 41.0 Å². The Morgan fingerprint density at radius 3 is 1.46 bits per heavy atom. The van der Waals surface area contributed by atoms with Gasteiger partial charge < -0.3 is 19.3 Å². The second-order valence-electron chi connectivity index (χ2n) is 13.5. The number of carbonyl (C=O) groups excluding carboxylic acids is 2. The molecular weight excluding hydrogens is 684 g/mol. The molecule has 3 atom stereocenters. The molecule has 48 heavy (non-hydrogen) atoms. The monoisotopic (exact) mass is 720 g/mol. The maximum Gasteiger partial charge on any atom is 0.430 e. The van der Waals surface area contributed by atoms with Crippen molar-refractivity contribution in [2.75, 3.05) is 6.61 Å². The van der Waals surface area contributed by atoms with Crippen LogP contribution in [-0.4, -0.2) is 71.3 Å². The molecule has 0 saturated heterocycles. The van der Waals surface area contributed by atoms with Gasteiger partial charge in [-0.2, -0.15) is 52.7 Å². The van der Waals surface area contributed by atoms with Gasteiger partial charge in [0.1, 0.15) is 0 Å². The predicted octanol–water partition coefficient (Wildman–Crippen LogP) is 7.80. The summed E-state index contributed by atoms with van der Waals surface area (Å²) in [6.07, 6.45) is -28.8. The highest BCUT2D eigenvalue weighted by Crippen LogP contribution is 2.66. The second-order valence-corrected chi connectivity index (χ2v) is 13.5. The Balaban J connectivity index is 2.31. The summed E-state index contributed by atoms with van der Waals surface area (Å²) in [5, 5.41) is 10.5. The number of rotatable bonds is 12. The lowest BCUT2D eigenvalue weighted by atomic mass is 9.46. The van der Waals surface area contributed by atoms with Gasteiger partial charge in [0.2, 0.25) is 0 Å². The number of hydrogen-bond acceptors (Lipinski definition) is 6. The fraction of sp³-hybridized carbons (Fsp3) is 0.800. The molecule has 4 saturated carbocycles. The van der Waals surface area contributed by atoms with E-state index >= 15 is 26.3 Å². The van der Waals surface area contributed by atoms with E-state index in [1.54, 1.807) is 0 Å². The summed E-state index contributed by atoms with van der Waals surface area (Å²) in [5.41, 5.74) is -17.9. The van der Waals surface area contributed by atoms with Crippen molar-refractivity contribution in [2.45, 2.75) is 107 Å². The summed E-state index contributed by atoms with van der Waals surface area (Å²) in [6, 6.07) is 0. The summed E-state index contributed by atoms with van der Waals surface area (Å²) in [5.74, 6) is -9.99. The maximum atomic E-state index is 15.2. The Bertz CT molecular complexity index is 1170. The quantitative estimate of drug-likeness (QED) is 0.126. The molecule has 0 spiro atoms. The minimum atomic E-state index is -6.77. The molecule has 4 bridgehead atoms. The van der Waals surface area contributed by atoms with Crippen LogP contribution in [0.2, 0.25) is 0 Å². The minimum absolute atomic E-state index is 0.0887. The fourth-order valence-electron chi connectivity index (χ4n) is 8.83. The molecule has 0 heterocycles. The van der Waals surface area contributed by atoms with Gasteiger partial charge in [0.15, 0.2) is 11.7 Å². The van der Waals surface area contributed by atoms with Crippen molar-refractivity contribution in [2.24, 2.45) is 35.0 Å². The van der Waals surface area contributed by atoms with Crippen LogP contribution >= 0.6 is 0 Å². The van der Waals surface area contributed by atoms with Gasteiger partial charge in [-0.1, -0.05) is 33.9 Å². The number of hydrogen-bond donors (Lipinski definition) is 1. The van der Waals surface area contributed by atoms with Gasteiger partial charge in [0.05, 0.1) is 6.61 Å². The molecule has 276 valence electrons. The number of esters is 2. The van der Waals surface area contributed by atoms with Crippen molar-refractivity contribution in [3.8, 4) is 0 Å². The Morgan fingerprint density at radius 2 is 1.15 bits per heavy atom. The van der Waals surface area contributed by atoms with Crippen LogP contribution < -0.4 is 0 Å². The Hall–Kier alpha value is -2.50. The molecule has 0 radical (unpaired) electrons. The third-order valence-electron chi connectivity index (χ3n) is 10.2. The van der Waals surface area contributed by atoms with Crippen LogP contribution in [-0.2, 0) is 23.8 Å². The normalized spacial score (nSPS) is 27.6. The van der Waals surface area contributed by atoms with Gasteiger partial charge in [-0.25, -0.2) is 9.59 Å².